The van der Waals surface area contributed by atoms with E-state index in [1.807, 2.05) is 18.2 Å². The first kappa shape index (κ1) is 14.7. The molecule has 1 N–H and O–H groups in total. The quantitative estimate of drug-likeness (QED) is 0.919. The van der Waals surface area contributed by atoms with Gasteiger partial charge in [0.1, 0.15) is 0 Å². The van der Waals surface area contributed by atoms with E-state index in [1.165, 1.54) is 5.56 Å². The first-order valence-electron chi connectivity index (χ1n) is 7.20. The molecule has 1 aliphatic heterocycles. The van der Waals surface area contributed by atoms with Crippen molar-refractivity contribution in [3.63, 3.8) is 0 Å². The molecule has 0 aliphatic carbocycles. The van der Waals surface area contributed by atoms with Crippen LogP contribution in [0.1, 0.15) is 5.56 Å². The number of benzene rings is 2. The lowest BCUT2D eigenvalue weighted by atomic mass is 10.0. The Balaban J connectivity index is 1.71. The van der Waals surface area contributed by atoms with Gasteiger partial charge in [-0.2, -0.15) is 0 Å². The molecule has 0 spiro atoms. The number of nitrogens with zero attached hydrogens (tertiary/aromatic N) is 1. The zero-order valence-electron chi connectivity index (χ0n) is 11.7. The third-order valence-corrected chi connectivity index (χ3v) is 4.37. The summed E-state index contributed by atoms with van der Waals surface area (Å²) >= 11 is 12.3. The Labute approximate surface area is 135 Å². The molecular weight excluding hydrogens is 303 g/mol. The van der Waals surface area contributed by atoms with Crippen LogP contribution in [0.4, 0.5) is 5.69 Å². The maximum atomic E-state index is 6.32. The van der Waals surface area contributed by atoms with Gasteiger partial charge < -0.3 is 10.2 Å². The van der Waals surface area contributed by atoms with Crippen molar-refractivity contribution < 1.29 is 0 Å². The highest BCUT2D eigenvalue weighted by Gasteiger charge is 2.21. The van der Waals surface area contributed by atoms with Crippen molar-refractivity contribution in [3.8, 4) is 0 Å². The van der Waals surface area contributed by atoms with E-state index in [1.54, 1.807) is 0 Å². The number of hydrogen-bond acceptors (Lipinski definition) is 2. The van der Waals surface area contributed by atoms with Gasteiger partial charge in [-0.15, -0.1) is 0 Å². The van der Waals surface area contributed by atoms with E-state index in [0.29, 0.717) is 11.1 Å². The first-order chi connectivity index (χ1) is 10.2. The van der Waals surface area contributed by atoms with Gasteiger partial charge in [-0.25, -0.2) is 0 Å². The Morgan fingerprint density at radius 2 is 1.90 bits per heavy atom. The van der Waals surface area contributed by atoms with Crippen LogP contribution in [0, 0.1) is 0 Å². The predicted molar refractivity (Wildman–Crippen MR) is 90.6 cm³/mol. The third-order valence-electron chi connectivity index (χ3n) is 3.83. The fraction of sp³-hybridized carbons (Fsp3) is 0.294. The molecule has 1 unspecified atom stereocenters. The second-order valence-electron chi connectivity index (χ2n) is 5.38. The molecule has 1 aliphatic rings. The summed E-state index contributed by atoms with van der Waals surface area (Å²) in [5.74, 6) is 0. The van der Waals surface area contributed by atoms with Gasteiger partial charge in [-0.1, -0.05) is 53.5 Å². The van der Waals surface area contributed by atoms with Crippen LogP contribution >= 0.6 is 23.2 Å². The van der Waals surface area contributed by atoms with Gasteiger partial charge in [0, 0.05) is 30.7 Å². The van der Waals surface area contributed by atoms with Crippen molar-refractivity contribution in [3.05, 3.63) is 64.1 Å². The highest BCUT2D eigenvalue weighted by molar-refractivity contribution is 6.36. The van der Waals surface area contributed by atoms with Crippen LogP contribution in [0.15, 0.2) is 48.5 Å². The van der Waals surface area contributed by atoms with E-state index in [-0.39, 0.29) is 0 Å². The van der Waals surface area contributed by atoms with Crippen molar-refractivity contribution in [1.29, 1.82) is 0 Å². The Kier molecular flexibility index (Phi) is 4.69. The minimum absolute atomic E-state index is 0.438. The molecule has 0 bridgehead atoms. The van der Waals surface area contributed by atoms with Crippen LogP contribution in [-0.2, 0) is 6.42 Å². The van der Waals surface area contributed by atoms with E-state index in [2.05, 4.69) is 40.5 Å². The number of anilines is 1. The van der Waals surface area contributed by atoms with Crippen LogP contribution in [0.25, 0.3) is 0 Å². The van der Waals surface area contributed by atoms with Crippen LogP contribution in [0.3, 0.4) is 0 Å². The standard InChI is InChI=1S/C17H18Cl2N2/c18-14-6-7-17(16(19)11-14)21-9-8-20-15(12-21)10-13-4-2-1-3-5-13/h1-7,11,15,20H,8-10,12H2. The number of halogens is 2. The molecule has 1 fully saturated rings. The van der Waals surface area contributed by atoms with Gasteiger partial charge in [0.25, 0.3) is 0 Å². The predicted octanol–water partition coefficient (Wildman–Crippen LogP) is 4.01. The molecule has 2 aromatic carbocycles. The average Bonchev–Trinajstić information content (AvgIpc) is 2.48. The molecule has 21 heavy (non-hydrogen) atoms. The second-order valence-corrected chi connectivity index (χ2v) is 6.23. The first-order valence-corrected chi connectivity index (χ1v) is 7.95. The van der Waals surface area contributed by atoms with E-state index in [0.717, 1.165) is 36.8 Å². The number of hydrogen-bond donors (Lipinski definition) is 1. The van der Waals surface area contributed by atoms with E-state index in [9.17, 15) is 0 Å². The molecule has 0 aromatic heterocycles. The summed E-state index contributed by atoms with van der Waals surface area (Å²) in [6.07, 6.45) is 1.03. The Hall–Kier alpha value is -1.22. The molecule has 1 heterocycles. The van der Waals surface area contributed by atoms with Crippen molar-refractivity contribution in [2.45, 2.75) is 12.5 Å². The Morgan fingerprint density at radius 1 is 1.10 bits per heavy atom. The molecule has 2 nitrogen and oxygen atoms in total. The number of piperazine rings is 1. The van der Waals surface area contributed by atoms with Crippen molar-refractivity contribution in [2.75, 3.05) is 24.5 Å². The molecule has 3 rings (SSSR count). The number of rotatable bonds is 3. The summed E-state index contributed by atoms with van der Waals surface area (Å²) in [5, 5.41) is 4.99. The monoisotopic (exact) mass is 320 g/mol. The molecule has 2 aromatic rings. The highest BCUT2D eigenvalue weighted by Crippen LogP contribution is 2.29. The highest BCUT2D eigenvalue weighted by atomic mass is 35.5. The maximum Gasteiger partial charge on any atom is 0.0654 e. The molecule has 1 atom stereocenters. The molecule has 1 saturated heterocycles. The van der Waals surface area contributed by atoms with E-state index in [4.69, 9.17) is 23.2 Å². The smallest absolute Gasteiger partial charge is 0.0654 e. The minimum Gasteiger partial charge on any atom is -0.367 e. The van der Waals surface area contributed by atoms with Gasteiger partial charge in [0.05, 0.1) is 10.7 Å². The van der Waals surface area contributed by atoms with Crippen LogP contribution < -0.4 is 10.2 Å². The second kappa shape index (κ2) is 6.69. The molecular formula is C17H18Cl2N2. The maximum absolute atomic E-state index is 6.32. The lowest BCUT2D eigenvalue weighted by Gasteiger charge is -2.36. The molecule has 4 heteroatoms. The topological polar surface area (TPSA) is 15.3 Å². The number of nitrogens with one attached hydrogen (secondary N) is 1. The molecule has 0 amide bonds. The van der Waals surface area contributed by atoms with Gasteiger partial charge in [-0.3, -0.25) is 0 Å². The average molecular weight is 321 g/mol. The van der Waals surface area contributed by atoms with Crippen molar-refractivity contribution in [2.24, 2.45) is 0 Å². The lowest BCUT2D eigenvalue weighted by Crippen LogP contribution is -2.51. The van der Waals surface area contributed by atoms with Gasteiger partial charge in [0.15, 0.2) is 0 Å². The molecule has 110 valence electrons. The summed E-state index contributed by atoms with van der Waals surface area (Å²) in [4.78, 5) is 2.34. The van der Waals surface area contributed by atoms with Crippen LogP contribution in [0.5, 0.6) is 0 Å². The molecule has 0 saturated carbocycles. The van der Waals surface area contributed by atoms with Crippen LogP contribution in [-0.4, -0.2) is 25.7 Å². The van der Waals surface area contributed by atoms with Gasteiger partial charge in [-0.05, 0) is 30.2 Å². The zero-order chi connectivity index (χ0) is 14.7. The lowest BCUT2D eigenvalue weighted by molar-refractivity contribution is 0.455. The van der Waals surface area contributed by atoms with Gasteiger partial charge in [0.2, 0.25) is 0 Å². The SMILES string of the molecule is Clc1ccc(N2CCNC(Cc3ccccc3)C2)c(Cl)c1. The zero-order valence-corrected chi connectivity index (χ0v) is 13.2. The Bertz CT molecular complexity index is 601. The summed E-state index contributed by atoms with van der Waals surface area (Å²) in [5.41, 5.74) is 2.43. The van der Waals surface area contributed by atoms with Crippen molar-refractivity contribution in [1.82, 2.24) is 5.32 Å². The van der Waals surface area contributed by atoms with E-state index < -0.39 is 0 Å². The summed E-state index contributed by atoms with van der Waals surface area (Å²) < 4.78 is 0. The van der Waals surface area contributed by atoms with E-state index >= 15 is 0 Å². The minimum atomic E-state index is 0.438. The molecule has 0 radical (unpaired) electrons. The normalized spacial score (nSPS) is 18.8. The largest absolute Gasteiger partial charge is 0.367 e. The van der Waals surface area contributed by atoms with Crippen LogP contribution in [0.2, 0.25) is 10.0 Å². The fourth-order valence-electron chi connectivity index (χ4n) is 2.82. The Morgan fingerprint density at radius 3 is 2.67 bits per heavy atom. The summed E-state index contributed by atoms with van der Waals surface area (Å²) in [6, 6.07) is 16.7. The third kappa shape index (κ3) is 3.70. The van der Waals surface area contributed by atoms with Crippen molar-refractivity contribution >= 4 is 28.9 Å². The van der Waals surface area contributed by atoms with Gasteiger partial charge >= 0.3 is 0 Å². The summed E-state index contributed by atoms with van der Waals surface area (Å²) in [7, 11) is 0. The summed E-state index contributed by atoms with van der Waals surface area (Å²) in [6.45, 7) is 2.89. The fourth-order valence-corrected chi connectivity index (χ4v) is 3.35.